The number of hydrogen-bond donors (Lipinski definition) is 3. The summed E-state index contributed by atoms with van der Waals surface area (Å²) < 4.78 is 29.3. The van der Waals surface area contributed by atoms with Crippen LogP contribution in [-0.4, -0.2) is 23.0 Å². The van der Waals surface area contributed by atoms with E-state index in [-0.39, 0.29) is 4.90 Å². The van der Waals surface area contributed by atoms with Crippen molar-refractivity contribution in [1.82, 2.24) is 19.3 Å². The molecule has 2 rings (SSSR count). The minimum absolute atomic E-state index is 0.231. The van der Waals surface area contributed by atoms with Crippen molar-refractivity contribution in [3.63, 3.8) is 0 Å². The zero-order valence-corrected chi connectivity index (χ0v) is 13.0. The van der Waals surface area contributed by atoms with Crippen LogP contribution in [0.3, 0.4) is 0 Å². The lowest BCUT2D eigenvalue weighted by molar-refractivity contribution is 0.560. The van der Waals surface area contributed by atoms with Crippen molar-refractivity contribution in [2.45, 2.75) is 44.3 Å². The van der Waals surface area contributed by atoms with E-state index in [9.17, 15) is 8.42 Å². The number of aromatic amines is 1. The zero-order valence-electron chi connectivity index (χ0n) is 12.2. The quantitative estimate of drug-likeness (QED) is 0.712. The van der Waals surface area contributed by atoms with Gasteiger partial charge in [0.1, 0.15) is 5.82 Å². The van der Waals surface area contributed by atoms with Crippen LogP contribution in [0.1, 0.15) is 37.8 Å². The van der Waals surface area contributed by atoms with E-state index < -0.39 is 16.1 Å². The molecular formula is C13H21N5O2S. The van der Waals surface area contributed by atoms with E-state index >= 15 is 0 Å². The second-order valence-corrected chi connectivity index (χ2v) is 6.60. The smallest absolute Gasteiger partial charge is 0.242 e. The van der Waals surface area contributed by atoms with Gasteiger partial charge in [0.25, 0.3) is 0 Å². The Kier molecular flexibility index (Phi) is 4.81. The molecule has 0 bridgehead atoms. The highest BCUT2D eigenvalue weighted by atomic mass is 32.2. The first-order valence-corrected chi connectivity index (χ1v) is 8.37. The number of imidazole rings is 1. The summed E-state index contributed by atoms with van der Waals surface area (Å²) >= 11 is 0. The molecule has 2 heterocycles. The van der Waals surface area contributed by atoms with Gasteiger partial charge in [-0.25, -0.2) is 18.1 Å². The summed E-state index contributed by atoms with van der Waals surface area (Å²) in [6, 6.07) is 1.19. The fourth-order valence-electron chi connectivity index (χ4n) is 2.16. The number of H-pyrrole nitrogens is 1. The number of nitrogens with zero attached hydrogens (tertiary/aromatic N) is 2. The lowest BCUT2D eigenvalue weighted by Gasteiger charge is -2.11. The molecular weight excluding hydrogens is 290 g/mol. The molecule has 0 saturated carbocycles. The average molecular weight is 311 g/mol. The number of hydrogen-bond acceptors (Lipinski definition) is 4. The summed E-state index contributed by atoms with van der Waals surface area (Å²) in [5.74, 6) is 0.575. The third-order valence-corrected chi connectivity index (χ3v) is 4.71. The van der Waals surface area contributed by atoms with Crippen LogP contribution in [0.2, 0.25) is 0 Å². The third kappa shape index (κ3) is 3.52. The molecule has 0 fully saturated rings. The van der Waals surface area contributed by atoms with E-state index in [0.29, 0.717) is 12.4 Å². The molecule has 4 N–H and O–H groups in total. The molecule has 0 amide bonds. The fourth-order valence-corrected chi connectivity index (χ4v) is 3.43. The summed E-state index contributed by atoms with van der Waals surface area (Å²) in [4.78, 5) is 7.18. The van der Waals surface area contributed by atoms with Gasteiger partial charge in [0.2, 0.25) is 10.0 Å². The second-order valence-electron chi connectivity index (χ2n) is 4.88. The van der Waals surface area contributed by atoms with E-state index in [1.165, 1.54) is 0 Å². The van der Waals surface area contributed by atoms with Crippen LogP contribution in [0.5, 0.6) is 0 Å². The molecule has 0 radical (unpaired) electrons. The van der Waals surface area contributed by atoms with Gasteiger partial charge in [-0.15, -0.1) is 0 Å². The number of aryl methyl sites for hydroxylation is 1. The monoisotopic (exact) mass is 311 g/mol. The third-order valence-electron chi connectivity index (χ3n) is 3.21. The summed E-state index contributed by atoms with van der Waals surface area (Å²) in [6.07, 6.45) is 5.79. The first-order valence-electron chi connectivity index (χ1n) is 6.88. The SMILES string of the molecule is CCCn1cc(S(=O)(=O)NC(C)c2ncc[nH]2)cc1CN. The van der Waals surface area contributed by atoms with E-state index in [1.807, 2.05) is 11.5 Å². The van der Waals surface area contributed by atoms with E-state index in [4.69, 9.17) is 5.73 Å². The molecule has 8 heteroatoms. The van der Waals surface area contributed by atoms with Gasteiger partial charge in [0.05, 0.1) is 10.9 Å². The van der Waals surface area contributed by atoms with Crippen LogP contribution in [0.25, 0.3) is 0 Å². The van der Waals surface area contributed by atoms with Crippen molar-refractivity contribution in [2.75, 3.05) is 0 Å². The predicted octanol–water partition coefficient (Wildman–Crippen LogP) is 1.12. The molecule has 2 aromatic rings. The standard InChI is InChI=1S/C13H21N5O2S/c1-3-6-18-9-12(7-11(18)8-14)21(19,20)17-10(2)13-15-4-5-16-13/h4-5,7,9-10,17H,3,6,8,14H2,1-2H3,(H,15,16). The molecule has 1 unspecified atom stereocenters. The summed E-state index contributed by atoms with van der Waals surface area (Å²) in [6.45, 7) is 4.83. The largest absolute Gasteiger partial charge is 0.349 e. The summed E-state index contributed by atoms with van der Waals surface area (Å²) in [5.41, 5.74) is 6.47. The zero-order chi connectivity index (χ0) is 15.5. The Morgan fingerprint density at radius 1 is 1.52 bits per heavy atom. The normalized spacial score (nSPS) is 13.5. The lowest BCUT2D eigenvalue weighted by atomic mass is 10.3. The van der Waals surface area contributed by atoms with E-state index in [0.717, 1.165) is 18.7 Å². The van der Waals surface area contributed by atoms with Crippen molar-refractivity contribution < 1.29 is 8.42 Å². The van der Waals surface area contributed by atoms with Gasteiger partial charge in [-0.2, -0.15) is 0 Å². The Morgan fingerprint density at radius 3 is 2.86 bits per heavy atom. The predicted molar refractivity (Wildman–Crippen MR) is 79.9 cm³/mol. The van der Waals surface area contributed by atoms with Gasteiger partial charge in [-0.1, -0.05) is 6.92 Å². The van der Waals surface area contributed by atoms with Crippen molar-refractivity contribution in [3.8, 4) is 0 Å². The molecule has 21 heavy (non-hydrogen) atoms. The Hall–Kier alpha value is -1.64. The molecule has 0 aliphatic carbocycles. The fraction of sp³-hybridized carbons (Fsp3) is 0.462. The Labute approximate surface area is 124 Å². The molecule has 7 nitrogen and oxygen atoms in total. The highest BCUT2D eigenvalue weighted by molar-refractivity contribution is 7.89. The number of rotatable bonds is 7. The van der Waals surface area contributed by atoms with Crippen LogP contribution in [0.4, 0.5) is 0 Å². The minimum atomic E-state index is -3.60. The van der Waals surface area contributed by atoms with Gasteiger partial charge in [0, 0.05) is 37.4 Å². The summed E-state index contributed by atoms with van der Waals surface area (Å²) in [5, 5.41) is 0. The first kappa shape index (κ1) is 15.7. The van der Waals surface area contributed by atoms with Crippen molar-refractivity contribution >= 4 is 10.0 Å². The molecule has 1 atom stereocenters. The number of nitrogens with two attached hydrogens (primary N) is 1. The van der Waals surface area contributed by atoms with Crippen LogP contribution in [0.15, 0.2) is 29.6 Å². The first-order chi connectivity index (χ1) is 9.97. The maximum Gasteiger partial charge on any atom is 0.242 e. The van der Waals surface area contributed by atoms with Gasteiger partial charge in [0.15, 0.2) is 0 Å². The highest BCUT2D eigenvalue weighted by Crippen LogP contribution is 2.17. The number of nitrogens with one attached hydrogen (secondary N) is 2. The summed E-state index contributed by atoms with van der Waals surface area (Å²) in [7, 11) is -3.60. The van der Waals surface area contributed by atoms with Crippen molar-refractivity contribution in [3.05, 3.63) is 36.2 Å². The van der Waals surface area contributed by atoms with Crippen LogP contribution < -0.4 is 10.5 Å². The molecule has 0 saturated heterocycles. The van der Waals surface area contributed by atoms with Gasteiger partial charge < -0.3 is 15.3 Å². The lowest BCUT2D eigenvalue weighted by Crippen LogP contribution is -2.27. The average Bonchev–Trinajstić information content (AvgIpc) is 3.08. The van der Waals surface area contributed by atoms with Gasteiger partial charge in [-0.05, 0) is 19.4 Å². The van der Waals surface area contributed by atoms with Crippen molar-refractivity contribution in [1.29, 1.82) is 0 Å². The van der Waals surface area contributed by atoms with Gasteiger partial charge in [-0.3, -0.25) is 0 Å². The minimum Gasteiger partial charge on any atom is -0.349 e. The molecule has 0 aromatic carbocycles. The van der Waals surface area contributed by atoms with Crippen molar-refractivity contribution in [2.24, 2.45) is 5.73 Å². The molecule has 0 aliphatic rings. The molecule has 2 aromatic heterocycles. The number of aromatic nitrogens is 3. The van der Waals surface area contributed by atoms with E-state index in [1.54, 1.807) is 31.6 Å². The van der Waals surface area contributed by atoms with Gasteiger partial charge >= 0.3 is 0 Å². The topological polar surface area (TPSA) is 106 Å². The molecule has 0 aliphatic heterocycles. The van der Waals surface area contributed by atoms with E-state index in [2.05, 4.69) is 14.7 Å². The molecule has 0 spiro atoms. The Morgan fingerprint density at radius 2 is 2.29 bits per heavy atom. The maximum absolute atomic E-state index is 12.4. The second kappa shape index (κ2) is 6.42. The van der Waals surface area contributed by atoms with Crippen LogP contribution in [0, 0.1) is 0 Å². The number of sulfonamides is 1. The van der Waals surface area contributed by atoms with Crippen LogP contribution >= 0.6 is 0 Å². The maximum atomic E-state index is 12.4. The highest BCUT2D eigenvalue weighted by Gasteiger charge is 2.22. The Balaban J connectivity index is 2.23. The Bertz CT molecular complexity index is 675. The van der Waals surface area contributed by atoms with Crippen LogP contribution in [-0.2, 0) is 23.1 Å². The molecule has 116 valence electrons.